The largest absolute Gasteiger partial charge is 0.493 e. The number of nitrogens with zero attached hydrogens (tertiary/aromatic N) is 2. The van der Waals surface area contributed by atoms with Crippen LogP contribution >= 0.6 is 0 Å². The molecule has 0 aliphatic rings. The lowest BCUT2D eigenvalue weighted by Gasteiger charge is -2.31. The summed E-state index contributed by atoms with van der Waals surface area (Å²) in [5.41, 5.74) is 10.3. The Balaban J connectivity index is 1.45. The van der Waals surface area contributed by atoms with Gasteiger partial charge in [-0.2, -0.15) is 0 Å². The molecule has 324 valence electrons. The number of anilines is 6. The summed E-state index contributed by atoms with van der Waals surface area (Å²) >= 11 is 0. The molecule has 0 spiro atoms. The van der Waals surface area contributed by atoms with Gasteiger partial charge < -0.3 is 19.3 Å². The van der Waals surface area contributed by atoms with Crippen molar-refractivity contribution in [2.45, 2.75) is 99.8 Å². The highest BCUT2D eigenvalue weighted by Crippen LogP contribution is 2.52. The molecule has 0 N–H and O–H groups in total. The quantitative estimate of drug-likeness (QED) is 0.0714. The second kappa shape index (κ2) is 20.0. The van der Waals surface area contributed by atoms with E-state index in [1.165, 1.54) is 76.8 Å². The summed E-state index contributed by atoms with van der Waals surface area (Å²) in [6.45, 7) is 17.0. The molecule has 2 atom stereocenters. The van der Waals surface area contributed by atoms with Gasteiger partial charge >= 0.3 is 0 Å². The molecule has 0 amide bonds. The third-order valence-electron chi connectivity index (χ3n) is 13.2. The molecule has 2 unspecified atom stereocenters. The number of rotatable bonds is 20. The molecule has 0 fully saturated rings. The monoisotopic (exact) mass is 835 g/mol. The molecule has 0 heterocycles. The molecule has 0 bridgehead atoms. The smallest absolute Gasteiger partial charge is 0.129 e. The van der Waals surface area contributed by atoms with E-state index in [9.17, 15) is 0 Å². The van der Waals surface area contributed by atoms with Crippen LogP contribution in [0.1, 0.15) is 95.8 Å². The Morgan fingerprint density at radius 1 is 0.413 bits per heavy atom. The zero-order chi connectivity index (χ0) is 43.9. The van der Waals surface area contributed by atoms with Crippen molar-refractivity contribution in [1.29, 1.82) is 0 Å². The second-order valence-corrected chi connectivity index (χ2v) is 17.8. The fourth-order valence-corrected chi connectivity index (χ4v) is 9.23. The molecule has 0 saturated heterocycles. The molecule has 0 aromatic heterocycles. The van der Waals surface area contributed by atoms with Crippen LogP contribution in [0.2, 0.25) is 0 Å². The molecule has 8 rings (SSSR count). The molecule has 0 radical (unpaired) electrons. The molecule has 0 aliphatic carbocycles. The first kappa shape index (κ1) is 43.6. The highest BCUT2D eigenvalue weighted by molar-refractivity contribution is 6.30. The summed E-state index contributed by atoms with van der Waals surface area (Å²) in [4.78, 5) is 4.84. The van der Waals surface area contributed by atoms with Gasteiger partial charge in [0, 0.05) is 67.2 Å². The fraction of sp³-hybridized carbons (Fsp3) is 0.322. The molecule has 63 heavy (non-hydrogen) atoms. The van der Waals surface area contributed by atoms with Gasteiger partial charge in [0.25, 0.3) is 0 Å². The summed E-state index contributed by atoms with van der Waals surface area (Å²) in [6.07, 6.45) is 9.31. The first-order chi connectivity index (χ1) is 30.8. The Morgan fingerprint density at radius 3 is 1.11 bits per heavy atom. The molecule has 4 nitrogen and oxygen atoms in total. The predicted octanol–water partition coefficient (Wildman–Crippen LogP) is 17.6. The summed E-state index contributed by atoms with van der Waals surface area (Å²) in [6, 6.07) is 51.5. The zero-order valence-corrected chi connectivity index (χ0v) is 38.7. The van der Waals surface area contributed by atoms with E-state index in [-0.39, 0.29) is 0 Å². The summed E-state index contributed by atoms with van der Waals surface area (Å²) < 4.78 is 14.3. The normalized spacial score (nSPS) is 12.6. The Labute approximate surface area is 376 Å². The fourth-order valence-electron chi connectivity index (χ4n) is 9.23. The van der Waals surface area contributed by atoms with Crippen molar-refractivity contribution in [1.82, 2.24) is 0 Å². The van der Waals surface area contributed by atoms with Crippen LogP contribution in [0.5, 0.6) is 11.5 Å². The molecular weight excluding hydrogens is 769 g/mol. The lowest BCUT2D eigenvalue weighted by atomic mass is 9.90. The third kappa shape index (κ3) is 9.37. The average molecular weight is 835 g/mol. The van der Waals surface area contributed by atoms with Crippen LogP contribution in [-0.4, -0.2) is 13.2 Å². The van der Waals surface area contributed by atoms with Gasteiger partial charge in [0.1, 0.15) is 11.5 Å². The van der Waals surface area contributed by atoms with E-state index < -0.39 is 0 Å². The minimum absolute atomic E-state index is 0.483. The highest BCUT2D eigenvalue weighted by Gasteiger charge is 2.26. The topological polar surface area (TPSA) is 24.9 Å². The van der Waals surface area contributed by atoms with Crippen molar-refractivity contribution in [2.24, 2.45) is 11.8 Å². The first-order valence-electron chi connectivity index (χ1n) is 23.7. The lowest BCUT2D eigenvalue weighted by molar-refractivity contribution is 0.235. The Hall–Kier alpha value is -6.00. The standard InChI is InChI=1S/C59H66N2O2/c1-8-12-17-44(10-3)39-62-56-37-54(60(46-19-15-14-16-20-46)47-27-21-41(5)22-28-47)50-33-35-53-57(63-40-45(11-4)18-13-9-2)38-55(51-34-36-52(56)58(50)59(51)53)61(48-29-23-42(6)24-30-48)49-31-25-43(7)26-32-49/h14-16,19-38,44-45H,8-13,17-18,39-40H2,1-7H3. The third-order valence-corrected chi connectivity index (χ3v) is 13.2. The van der Waals surface area contributed by atoms with Gasteiger partial charge in [-0.25, -0.2) is 0 Å². The number of benzene rings is 8. The van der Waals surface area contributed by atoms with Crippen molar-refractivity contribution >= 4 is 66.4 Å². The van der Waals surface area contributed by atoms with Gasteiger partial charge in [-0.3, -0.25) is 0 Å². The Bertz CT molecular complexity index is 2660. The maximum Gasteiger partial charge on any atom is 0.129 e. The number of hydrogen-bond acceptors (Lipinski definition) is 4. The van der Waals surface area contributed by atoms with Crippen LogP contribution < -0.4 is 19.3 Å². The van der Waals surface area contributed by atoms with E-state index in [2.05, 4.69) is 198 Å². The van der Waals surface area contributed by atoms with Gasteiger partial charge in [0.2, 0.25) is 0 Å². The van der Waals surface area contributed by atoms with E-state index in [1.807, 2.05) is 0 Å². The molecule has 0 aliphatic heterocycles. The van der Waals surface area contributed by atoms with Gasteiger partial charge in [-0.1, -0.05) is 150 Å². The predicted molar refractivity (Wildman–Crippen MR) is 271 cm³/mol. The lowest BCUT2D eigenvalue weighted by Crippen LogP contribution is -2.14. The number of ether oxygens (including phenoxy) is 2. The number of unbranched alkanes of at least 4 members (excludes halogenated alkanes) is 2. The van der Waals surface area contributed by atoms with Crippen molar-refractivity contribution in [3.8, 4) is 11.5 Å². The summed E-state index contributed by atoms with van der Waals surface area (Å²) in [7, 11) is 0. The van der Waals surface area contributed by atoms with E-state index in [1.54, 1.807) is 0 Å². The van der Waals surface area contributed by atoms with Crippen LogP contribution in [0, 0.1) is 32.6 Å². The Morgan fingerprint density at radius 2 is 0.762 bits per heavy atom. The first-order valence-corrected chi connectivity index (χ1v) is 23.7. The number of hydrogen-bond donors (Lipinski definition) is 0. The van der Waals surface area contributed by atoms with Gasteiger partial charge in [0.05, 0.1) is 24.6 Å². The molecule has 8 aromatic rings. The molecule has 0 saturated carbocycles. The number of aryl methyl sites for hydroxylation is 3. The summed E-state index contributed by atoms with van der Waals surface area (Å²) in [5, 5.41) is 7.00. The van der Waals surface area contributed by atoms with Crippen LogP contribution in [0.3, 0.4) is 0 Å². The SMILES string of the molecule is CCCCC(CC)COc1cc(N(c2ccccc2)c2ccc(C)cc2)c2ccc3c(OCC(CC)CCCC)cc(N(c4ccc(C)cc4)c4ccc(C)cc4)c4ccc1c2c34. The van der Waals surface area contributed by atoms with Crippen molar-refractivity contribution in [3.05, 3.63) is 156 Å². The second-order valence-electron chi connectivity index (χ2n) is 17.8. The van der Waals surface area contributed by atoms with Gasteiger partial charge in [-0.05, 0) is 106 Å². The van der Waals surface area contributed by atoms with Crippen LogP contribution in [0.25, 0.3) is 32.3 Å². The maximum atomic E-state index is 7.13. The molecule has 8 aromatic carbocycles. The van der Waals surface area contributed by atoms with Crippen molar-refractivity contribution in [3.63, 3.8) is 0 Å². The minimum atomic E-state index is 0.483. The van der Waals surface area contributed by atoms with Crippen molar-refractivity contribution < 1.29 is 9.47 Å². The van der Waals surface area contributed by atoms with E-state index in [4.69, 9.17) is 9.47 Å². The highest BCUT2D eigenvalue weighted by atomic mass is 16.5. The van der Waals surface area contributed by atoms with Gasteiger partial charge in [0.15, 0.2) is 0 Å². The van der Waals surface area contributed by atoms with E-state index in [0.717, 1.165) is 69.2 Å². The number of para-hydroxylation sites is 1. The van der Waals surface area contributed by atoms with Crippen LogP contribution in [0.4, 0.5) is 34.1 Å². The maximum absolute atomic E-state index is 7.13. The van der Waals surface area contributed by atoms with E-state index >= 15 is 0 Å². The molecular formula is C59H66N2O2. The Kier molecular flexibility index (Phi) is 13.9. The van der Waals surface area contributed by atoms with E-state index in [0.29, 0.717) is 25.0 Å². The van der Waals surface area contributed by atoms with Crippen LogP contribution in [-0.2, 0) is 0 Å². The summed E-state index contributed by atoms with van der Waals surface area (Å²) in [5.74, 6) is 2.81. The van der Waals surface area contributed by atoms with Crippen LogP contribution in [0.15, 0.2) is 140 Å². The molecule has 4 heteroatoms. The van der Waals surface area contributed by atoms with Crippen molar-refractivity contribution in [2.75, 3.05) is 23.0 Å². The van der Waals surface area contributed by atoms with Gasteiger partial charge in [-0.15, -0.1) is 0 Å². The zero-order valence-electron chi connectivity index (χ0n) is 38.7. The average Bonchev–Trinajstić information content (AvgIpc) is 3.31. The minimum Gasteiger partial charge on any atom is -0.493 e.